The Hall–Kier alpha value is -1.02. The van der Waals surface area contributed by atoms with Crippen LogP contribution in [0.5, 0.6) is 0 Å². The van der Waals surface area contributed by atoms with Gasteiger partial charge in [-0.05, 0) is 29.9 Å². The van der Waals surface area contributed by atoms with Crippen molar-refractivity contribution in [3.05, 3.63) is 27.7 Å². The monoisotopic (exact) mass is 259 g/mol. The molecule has 0 saturated heterocycles. The lowest BCUT2D eigenvalue weighted by Crippen LogP contribution is -2.19. The number of nitrogens with zero attached hydrogens (tertiary/aromatic N) is 1. The minimum atomic E-state index is 0.0897. The van der Waals surface area contributed by atoms with Crippen LogP contribution >= 0.6 is 35.4 Å². The molecule has 0 aliphatic heterocycles. The van der Waals surface area contributed by atoms with E-state index in [-0.39, 0.29) is 11.5 Å². The molecule has 0 aliphatic carbocycles. The molecule has 15 heavy (non-hydrogen) atoms. The molecule has 0 amide bonds. The Labute approximate surface area is 103 Å². The summed E-state index contributed by atoms with van der Waals surface area (Å²) < 4.78 is 0. The summed E-state index contributed by atoms with van der Waals surface area (Å²) in [6.45, 7) is 0. The highest BCUT2D eigenvalue weighted by atomic mass is 35.5. The van der Waals surface area contributed by atoms with E-state index in [0.29, 0.717) is 15.7 Å². The Kier molecular flexibility index (Phi) is 4.15. The molecule has 0 radical (unpaired) electrons. The van der Waals surface area contributed by atoms with Crippen LogP contribution in [0.25, 0.3) is 0 Å². The van der Waals surface area contributed by atoms with Crippen molar-refractivity contribution < 1.29 is 0 Å². The summed E-state index contributed by atoms with van der Waals surface area (Å²) in [5, 5.41) is 12.1. The first-order chi connectivity index (χ1) is 7.04. The summed E-state index contributed by atoms with van der Waals surface area (Å²) in [7, 11) is 0. The highest BCUT2D eigenvalue weighted by molar-refractivity contribution is 7.80. The SMILES string of the molecule is N#CCc1cc(Cl)c(NC(N)=S)c(Cl)c1. The predicted octanol–water partition coefficient (Wildman–Crippen LogP) is 2.71. The third-order valence-electron chi connectivity index (χ3n) is 1.63. The van der Waals surface area contributed by atoms with E-state index in [1.807, 2.05) is 6.07 Å². The van der Waals surface area contributed by atoms with Gasteiger partial charge in [-0.25, -0.2) is 0 Å². The molecule has 0 unspecified atom stereocenters. The van der Waals surface area contributed by atoms with Crippen molar-refractivity contribution in [3.8, 4) is 6.07 Å². The van der Waals surface area contributed by atoms with E-state index < -0.39 is 0 Å². The fraction of sp³-hybridized carbons (Fsp3) is 0.111. The van der Waals surface area contributed by atoms with Crippen LogP contribution in [-0.2, 0) is 6.42 Å². The zero-order chi connectivity index (χ0) is 11.4. The normalized spacial score (nSPS) is 9.40. The molecule has 1 aromatic carbocycles. The molecule has 0 atom stereocenters. The van der Waals surface area contributed by atoms with Gasteiger partial charge in [-0.2, -0.15) is 5.26 Å². The van der Waals surface area contributed by atoms with E-state index >= 15 is 0 Å². The highest BCUT2D eigenvalue weighted by Crippen LogP contribution is 2.31. The van der Waals surface area contributed by atoms with E-state index in [1.54, 1.807) is 12.1 Å². The summed E-state index contributed by atoms with van der Waals surface area (Å²) in [5.41, 5.74) is 6.53. The number of nitrogens with one attached hydrogen (secondary N) is 1. The van der Waals surface area contributed by atoms with E-state index in [0.717, 1.165) is 5.56 Å². The summed E-state index contributed by atoms with van der Waals surface area (Å²) in [6.07, 6.45) is 0.257. The Bertz CT molecular complexity index is 416. The largest absolute Gasteiger partial charge is 0.376 e. The van der Waals surface area contributed by atoms with Gasteiger partial charge in [-0.3, -0.25) is 0 Å². The standard InChI is InChI=1S/C9H7Cl2N3S/c10-6-3-5(1-2-12)4-7(11)8(6)14-9(13)15/h3-4H,1H2,(H3,13,14,15). The molecule has 1 aromatic rings. The molecule has 0 aliphatic rings. The number of hydrogen-bond acceptors (Lipinski definition) is 2. The summed E-state index contributed by atoms with van der Waals surface area (Å²) >= 11 is 16.6. The number of benzene rings is 1. The summed E-state index contributed by atoms with van der Waals surface area (Å²) in [5.74, 6) is 0. The first-order valence-corrected chi connectivity index (χ1v) is 5.12. The lowest BCUT2D eigenvalue weighted by molar-refractivity contribution is 1.26. The van der Waals surface area contributed by atoms with Crippen LogP contribution in [0, 0.1) is 11.3 Å². The zero-order valence-corrected chi connectivity index (χ0v) is 9.88. The molecule has 0 aromatic heterocycles. The number of halogens is 2. The molecule has 3 N–H and O–H groups in total. The van der Waals surface area contributed by atoms with Gasteiger partial charge in [-0.15, -0.1) is 0 Å². The Morgan fingerprint density at radius 2 is 2.00 bits per heavy atom. The maximum absolute atomic E-state index is 8.52. The molecule has 0 spiro atoms. The number of nitriles is 1. The van der Waals surface area contributed by atoms with E-state index in [1.165, 1.54) is 0 Å². The molecule has 0 bridgehead atoms. The first-order valence-electron chi connectivity index (χ1n) is 3.96. The number of hydrogen-bond donors (Lipinski definition) is 2. The Morgan fingerprint density at radius 3 is 2.40 bits per heavy atom. The van der Waals surface area contributed by atoms with Gasteiger partial charge in [0.1, 0.15) is 0 Å². The lowest BCUT2D eigenvalue weighted by Gasteiger charge is -2.09. The minimum absolute atomic E-state index is 0.0897. The third-order valence-corrected chi connectivity index (χ3v) is 2.33. The van der Waals surface area contributed by atoms with Crippen LogP contribution in [-0.4, -0.2) is 5.11 Å². The zero-order valence-electron chi connectivity index (χ0n) is 7.55. The first kappa shape index (κ1) is 12.1. The van der Waals surface area contributed by atoms with Crippen molar-refractivity contribution in [2.24, 2.45) is 5.73 Å². The van der Waals surface area contributed by atoms with Crippen molar-refractivity contribution in [2.45, 2.75) is 6.42 Å². The molecular weight excluding hydrogens is 253 g/mol. The molecule has 6 heteroatoms. The number of rotatable bonds is 2. The van der Waals surface area contributed by atoms with Gasteiger partial charge < -0.3 is 11.1 Å². The van der Waals surface area contributed by atoms with E-state index in [4.69, 9.17) is 34.2 Å². The van der Waals surface area contributed by atoms with Gasteiger partial charge >= 0.3 is 0 Å². The summed E-state index contributed by atoms with van der Waals surface area (Å²) in [4.78, 5) is 0. The molecule has 0 fully saturated rings. The van der Waals surface area contributed by atoms with Gasteiger partial charge in [0.05, 0.1) is 28.2 Å². The van der Waals surface area contributed by atoms with Gasteiger partial charge in [-0.1, -0.05) is 23.2 Å². The quantitative estimate of drug-likeness (QED) is 0.802. The Balaban J connectivity index is 3.10. The second kappa shape index (κ2) is 5.17. The van der Waals surface area contributed by atoms with Crippen LogP contribution in [0.2, 0.25) is 10.0 Å². The Morgan fingerprint density at radius 1 is 1.47 bits per heavy atom. The smallest absolute Gasteiger partial charge is 0.168 e. The fourth-order valence-corrected chi connectivity index (χ4v) is 1.79. The summed E-state index contributed by atoms with van der Waals surface area (Å²) in [6, 6.07) is 5.31. The number of nitrogens with two attached hydrogens (primary N) is 1. The third kappa shape index (κ3) is 3.24. The highest BCUT2D eigenvalue weighted by Gasteiger charge is 2.08. The average Bonchev–Trinajstić information content (AvgIpc) is 2.11. The van der Waals surface area contributed by atoms with Gasteiger partial charge in [0, 0.05) is 0 Å². The van der Waals surface area contributed by atoms with E-state index in [2.05, 4.69) is 17.5 Å². The van der Waals surface area contributed by atoms with Gasteiger partial charge in [0.2, 0.25) is 0 Å². The molecular formula is C9H7Cl2N3S. The van der Waals surface area contributed by atoms with Gasteiger partial charge in [0.25, 0.3) is 0 Å². The molecule has 3 nitrogen and oxygen atoms in total. The molecule has 1 rings (SSSR count). The maximum Gasteiger partial charge on any atom is 0.168 e. The van der Waals surface area contributed by atoms with Crippen LogP contribution in [0.4, 0.5) is 5.69 Å². The van der Waals surface area contributed by atoms with Crippen LogP contribution in [0.1, 0.15) is 5.56 Å². The fourth-order valence-electron chi connectivity index (χ4n) is 1.06. The van der Waals surface area contributed by atoms with Crippen molar-refractivity contribution in [1.82, 2.24) is 0 Å². The van der Waals surface area contributed by atoms with Crippen molar-refractivity contribution >= 4 is 46.2 Å². The lowest BCUT2D eigenvalue weighted by atomic mass is 10.1. The number of anilines is 1. The molecule has 78 valence electrons. The number of thiocarbonyl (C=S) groups is 1. The van der Waals surface area contributed by atoms with Crippen molar-refractivity contribution in [2.75, 3.05) is 5.32 Å². The average molecular weight is 260 g/mol. The topological polar surface area (TPSA) is 61.8 Å². The van der Waals surface area contributed by atoms with Crippen LogP contribution < -0.4 is 11.1 Å². The van der Waals surface area contributed by atoms with Gasteiger partial charge in [0.15, 0.2) is 5.11 Å². The molecule has 0 saturated carbocycles. The van der Waals surface area contributed by atoms with Crippen LogP contribution in [0.15, 0.2) is 12.1 Å². The maximum atomic E-state index is 8.52. The second-order valence-electron chi connectivity index (χ2n) is 2.76. The predicted molar refractivity (Wildman–Crippen MR) is 66.2 cm³/mol. The molecule has 0 heterocycles. The van der Waals surface area contributed by atoms with Crippen molar-refractivity contribution in [1.29, 1.82) is 5.26 Å². The van der Waals surface area contributed by atoms with Crippen molar-refractivity contribution in [3.63, 3.8) is 0 Å². The second-order valence-corrected chi connectivity index (χ2v) is 4.01. The van der Waals surface area contributed by atoms with E-state index in [9.17, 15) is 0 Å². The van der Waals surface area contributed by atoms with Crippen LogP contribution in [0.3, 0.4) is 0 Å². The minimum Gasteiger partial charge on any atom is -0.376 e.